The SMILES string of the molecule is COc1cccc(CO[C@H](C)C(=O)N[C@@H](C)c2cccs2)c1. The molecule has 0 saturated carbocycles. The van der Waals surface area contributed by atoms with Crippen molar-refractivity contribution in [3.63, 3.8) is 0 Å². The summed E-state index contributed by atoms with van der Waals surface area (Å²) < 4.78 is 10.8. The molecule has 2 rings (SSSR count). The zero-order chi connectivity index (χ0) is 15.9. The third kappa shape index (κ3) is 4.58. The van der Waals surface area contributed by atoms with E-state index in [0.29, 0.717) is 6.61 Å². The van der Waals surface area contributed by atoms with Gasteiger partial charge >= 0.3 is 0 Å². The number of thiophene rings is 1. The van der Waals surface area contributed by atoms with Crippen molar-refractivity contribution in [2.24, 2.45) is 0 Å². The standard InChI is InChI=1S/C17H21NO3S/c1-12(16-8-5-9-22-16)18-17(19)13(2)21-11-14-6-4-7-15(10-14)20-3/h4-10,12-13H,11H2,1-3H3,(H,18,19)/t12-,13+/m0/s1. The molecule has 0 saturated heterocycles. The van der Waals surface area contributed by atoms with Gasteiger partial charge in [-0.2, -0.15) is 0 Å². The Morgan fingerprint density at radius 3 is 2.77 bits per heavy atom. The summed E-state index contributed by atoms with van der Waals surface area (Å²) in [6.07, 6.45) is -0.506. The highest BCUT2D eigenvalue weighted by molar-refractivity contribution is 7.10. The molecule has 0 unspecified atom stereocenters. The summed E-state index contributed by atoms with van der Waals surface area (Å²) in [4.78, 5) is 13.3. The summed E-state index contributed by atoms with van der Waals surface area (Å²) in [6.45, 7) is 4.11. The summed E-state index contributed by atoms with van der Waals surface area (Å²) in [7, 11) is 1.63. The molecule has 118 valence electrons. The molecule has 1 aromatic carbocycles. The Morgan fingerprint density at radius 2 is 2.09 bits per heavy atom. The lowest BCUT2D eigenvalue weighted by Crippen LogP contribution is -2.35. The summed E-state index contributed by atoms with van der Waals surface area (Å²) in [5, 5.41) is 4.96. The van der Waals surface area contributed by atoms with Crippen molar-refractivity contribution in [3.05, 3.63) is 52.2 Å². The highest BCUT2D eigenvalue weighted by Crippen LogP contribution is 2.18. The van der Waals surface area contributed by atoms with E-state index >= 15 is 0 Å². The van der Waals surface area contributed by atoms with Crippen LogP contribution in [0.4, 0.5) is 0 Å². The predicted molar refractivity (Wildman–Crippen MR) is 88.1 cm³/mol. The van der Waals surface area contributed by atoms with Gasteiger partial charge in [-0.15, -0.1) is 11.3 Å². The summed E-state index contributed by atoms with van der Waals surface area (Å²) in [5.41, 5.74) is 0.977. The first kappa shape index (κ1) is 16.5. The molecule has 22 heavy (non-hydrogen) atoms. The van der Waals surface area contributed by atoms with E-state index in [-0.39, 0.29) is 11.9 Å². The van der Waals surface area contributed by atoms with Crippen LogP contribution in [0.15, 0.2) is 41.8 Å². The normalized spacial score (nSPS) is 13.4. The molecule has 0 spiro atoms. The molecule has 0 radical (unpaired) electrons. The number of methoxy groups -OCH3 is 1. The van der Waals surface area contributed by atoms with Gasteiger partial charge in [0.25, 0.3) is 0 Å². The number of nitrogens with one attached hydrogen (secondary N) is 1. The molecule has 0 aliphatic heterocycles. The number of carbonyl (C=O) groups is 1. The second kappa shape index (κ2) is 7.96. The lowest BCUT2D eigenvalue weighted by Gasteiger charge is -2.17. The predicted octanol–water partition coefficient (Wildman–Crippen LogP) is 3.54. The first-order valence-electron chi connectivity index (χ1n) is 7.18. The van der Waals surface area contributed by atoms with Gasteiger partial charge in [0.2, 0.25) is 5.91 Å². The Kier molecular flexibility index (Phi) is 5.98. The third-order valence-electron chi connectivity index (χ3n) is 3.33. The highest BCUT2D eigenvalue weighted by Gasteiger charge is 2.17. The Labute approximate surface area is 135 Å². The van der Waals surface area contributed by atoms with Crippen molar-refractivity contribution in [2.75, 3.05) is 7.11 Å². The number of carbonyl (C=O) groups excluding carboxylic acids is 1. The molecular formula is C17H21NO3S. The largest absolute Gasteiger partial charge is 0.497 e. The van der Waals surface area contributed by atoms with Gasteiger partial charge in [-0.3, -0.25) is 4.79 Å². The third-order valence-corrected chi connectivity index (χ3v) is 4.39. The zero-order valence-electron chi connectivity index (χ0n) is 13.0. The first-order valence-corrected chi connectivity index (χ1v) is 8.06. The molecule has 2 aromatic rings. The van der Waals surface area contributed by atoms with E-state index in [0.717, 1.165) is 16.2 Å². The Balaban J connectivity index is 1.83. The van der Waals surface area contributed by atoms with Crippen LogP contribution in [-0.2, 0) is 16.1 Å². The van der Waals surface area contributed by atoms with Gasteiger partial charge in [-0.1, -0.05) is 18.2 Å². The van der Waals surface area contributed by atoms with Crippen LogP contribution in [0.25, 0.3) is 0 Å². The first-order chi connectivity index (χ1) is 10.6. The number of hydrogen-bond acceptors (Lipinski definition) is 4. The average Bonchev–Trinajstić information content (AvgIpc) is 3.07. The molecule has 1 N–H and O–H groups in total. The number of amides is 1. The minimum absolute atomic E-state index is 0.00429. The quantitative estimate of drug-likeness (QED) is 0.849. The molecule has 0 aliphatic carbocycles. The molecule has 1 heterocycles. The zero-order valence-corrected chi connectivity index (χ0v) is 13.9. The smallest absolute Gasteiger partial charge is 0.249 e. The number of benzene rings is 1. The van der Waals surface area contributed by atoms with Crippen molar-refractivity contribution in [2.45, 2.75) is 32.6 Å². The van der Waals surface area contributed by atoms with E-state index in [2.05, 4.69) is 5.32 Å². The topological polar surface area (TPSA) is 47.6 Å². The fraction of sp³-hybridized carbons (Fsp3) is 0.353. The van der Waals surface area contributed by atoms with Crippen LogP contribution >= 0.6 is 11.3 Å². The van der Waals surface area contributed by atoms with Gasteiger partial charge in [0, 0.05) is 4.88 Å². The molecule has 2 atom stereocenters. The van der Waals surface area contributed by atoms with E-state index in [1.807, 2.05) is 48.7 Å². The minimum Gasteiger partial charge on any atom is -0.497 e. The number of rotatable bonds is 7. The highest BCUT2D eigenvalue weighted by atomic mass is 32.1. The van der Waals surface area contributed by atoms with E-state index < -0.39 is 6.10 Å². The summed E-state index contributed by atoms with van der Waals surface area (Å²) in [6, 6.07) is 11.6. The fourth-order valence-corrected chi connectivity index (χ4v) is 2.73. The Hall–Kier alpha value is -1.85. The fourth-order valence-electron chi connectivity index (χ4n) is 2.00. The van der Waals surface area contributed by atoms with Crippen LogP contribution in [-0.4, -0.2) is 19.1 Å². The van der Waals surface area contributed by atoms with Gasteiger partial charge in [0.1, 0.15) is 11.9 Å². The van der Waals surface area contributed by atoms with Crippen molar-refractivity contribution in [1.29, 1.82) is 0 Å². The van der Waals surface area contributed by atoms with Gasteiger partial charge in [0.05, 0.1) is 19.8 Å². The second-order valence-corrected chi connectivity index (χ2v) is 6.03. The average molecular weight is 319 g/mol. The summed E-state index contributed by atoms with van der Waals surface area (Å²) >= 11 is 1.63. The van der Waals surface area contributed by atoms with Crippen molar-refractivity contribution in [3.8, 4) is 5.75 Å². The summed E-state index contributed by atoms with van der Waals surface area (Å²) in [5.74, 6) is 0.674. The van der Waals surface area contributed by atoms with Crippen LogP contribution in [0.1, 0.15) is 30.3 Å². The van der Waals surface area contributed by atoms with Crippen LogP contribution in [0, 0.1) is 0 Å². The second-order valence-electron chi connectivity index (χ2n) is 5.05. The minimum atomic E-state index is -0.506. The Bertz CT molecular complexity index is 598. The Morgan fingerprint density at radius 1 is 1.27 bits per heavy atom. The molecule has 0 fully saturated rings. The van der Waals surface area contributed by atoms with Gasteiger partial charge in [-0.25, -0.2) is 0 Å². The van der Waals surface area contributed by atoms with E-state index in [1.165, 1.54) is 0 Å². The molecular weight excluding hydrogens is 298 g/mol. The van der Waals surface area contributed by atoms with Crippen molar-refractivity contribution >= 4 is 17.2 Å². The molecule has 4 nitrogen and oxygen atoms in total. The van der Waals surface area contributed by atoms with Crippen LogP contribution in [0.3, 0.4) is 0 Å². The molecule has 0 bridgehead atoms. The van der Waals surface area contributed by atoms with E-state index in [9.17, 15) is 4.79 Å². The molecule has 0 aliphatic rings. The van der Waals surface area contributed by atoms with Crippen LogP contribution in [0.2, 0.25) is 0 Å². The van der Waals surface area contributed by atoms with Crippen LogP contribution < -0.4 is 10.1 Å². The maximum Gasteiger partial charge on any atom is 0.249 e. The van der Waals surface area contributed by atoms with Gasteiger partial charge in [-0.05, 0) is 43.0 Å². The monoisotopic (exact) mass is 319 g/mol. The van der Waals surface area contributed by atoms with E-state index in [4.69, 9.17) is 9.47 Å². The maximum absolute atomic E-state index is 12.1. The molecule has 5 heteroatoms. The van der Waals surface area contributed by atoms with Gasteiger partial charge in [0.15, 0.2) is 0 Å². The maximum atomic E-state index is 12.1. The van der Waals surface area contributed by atoms with Crippen LogP contribution in [0.5, 0.6) is 5.75 Å². The van der Waals surface area contributed by atoms with Gasteiger partial charge < -0.3 is 14.8 Å². The lowest BCUT2D eigenvalue weighted by atomic mass is 10.2. The molecule has 1 aromatic heterocycles. The van der Waals surface area contributed by atoms with Crippen molar-refractivity contribution < 1.29 is 14.3 Å². The van der Waals surface area contributed by atoms with Crippen molar-refractivity contribution in [1.82, 2.24) is 5.32 Å². The van der Waals surface area contributed by atoms with E-state index in [1.54, 1.807) is 25.4 Å². The molecule has 1 amide bonds. The number of ether oxygens (including phenoxy) is 2. The lowest BCUT2D eigenvalue weighted by molar-refractivity contribution is -0.133. The number of hydrogen-bond donors (Lipinski definition) is 1.